The van der Waals surface area contributed by atoms with Crippen LogP contribution in [-0.2, 0) is 107 Å². The molecule has 130 heavy (non-hydrogen) atoms. The van der Waals surface area contributed by atoms with Gasteiger partial charge in [-0.05, 0) is 116 Å². The van der Waals surface area contributed by atoms with Gasteiger partial charge in [-0.15, -0.1) is 11.8 Å². The van der Waals surface area contributed by atoms with Crippen LogP contribution in [0.25, 0.3) is 11.1 Å². The third kappa shape index (κ3) is 37.1. The Balaban J connectivity index is 1.46. The van der Waals surface area contributed by atoms with Crippen LogP contribution in [0.3, 0.4) is 0 Å². The summed E-state index contributed by atoms with van der Waals surface area (Å²) in [6.07, 6.45) is -0.105. The van der Waals surface area contributed by atoms with Gasteiger partial charge in [0.15, 0.2) is 0 Å². The molecule has 0 aliphatic carbocycles. The Kier molecular flexibility index (Phi) is 43.7. The van der Waals surface area contributed by atoms with Crippen LogP contribution in [0.2, 0.25) is 0 Å². The van der Waals surface area contributed by atoms with E-state index in [0.717, 1.165) is 28.5 Å². The van der Waals surface area contributed by atoms with Crippen LogP contribution in [0.1, 0.15) is 160 Å². The number of carboxylic acid groups (broad SMARTS) is 3. The summed E-state index contributed by atoms with van der Waals surface area (Å²) in [5, 5.41) is 73.9. The number of aryl methyl sites for hydroxylation is 1. The molecule has 41 heteroatoms. The van der Waals surface area contributed by atoms with Crippen LogP contribution in [0.4, 0.5) is 4.79 Å². The number of imidazole rings is 1. The lowest BCUT2D eigenvalue weighted by Gasteiger charge is -2.30. The van der Waals surface area contributed by atoms with Crippen molar-refractivity contribution in [1.29, 1.82) is 0 Å². The van der Waals surface area contributed by atoms with E-state index in [1.165, 1.54) is 69.5 Å². The molecule has 0 saturated carbocycles. The van der Waals surface area contributed by atoms with Gasteiger partial charge in [0.25, 0.3) is 0 Å². The lowest BCUT2D eigenvalue weighted by molar-refractivity contribution is -0.142. The van der Waals surface area contributed by atoms with Gasteiger partial charge in [0.2, 0.25) is 82.7 Å². The molecular formula is C89H122N18O22S. The molecule has 1 saturated heterocycles. The quantitative estimate of drug-likeness (QED) is 0.0268. The first-order chi connectivity index (χ1) is 61.8. The molecule has 2 heterocycles. The predicted octanol–water partition coefficient (Wildman–Crippen LogP) is 1.05. The van der Waals surface area contributed by atoms with Crippen molar-refractivity contribution >= 4 is 118 Å². The number of urea groups is 1. The molecule has 1 aromatic heterocycles. The van der Waals surface area contributed by atoms with Crippen LogP contribution in [0, 0.1) is 11.8 Å². The van der Waals surface area contributed by atoms with Gasteiger partial charge in [-0.25, -0.2) is 9.78 Å². The average Bonchev–Trinajstić information content (AvgIpc) is 0.931. The summed E-state index contributed by atoms with van der Waals surface area (Å²) in [4.78, 5) is 263. The highest BCUT2D eigenvalue weighted by atomic mass is 32.2. The minimum Gasteiger partial charge on any atom is -0.508 e. The van der Waals surface area contributed by atoms with Gasteiger partial charge in [0.1, 0.15) is 84.3 Å². The largest absolute Gasteiger partial charge is 0.508 e. The summed E-state index contributed by atoms with van der Waals surface area (Å²) in [6.45, 7) is 9.65. The topological polar surface area (TPSA) is 629 Å². The van der Waals surface area contributed by atoms with Gasteiger partial charge in [-0.3, -0.25) is 81.5 Å². The maximum absolute atomic E-state index is 15.3. The van der Waals surface area contributed by atoms with Crippen LogP contribution in [0.5, 0.6) is 5.75 Å². The molecule has 0 unspecified atom stereocenters. The first-order valence-corrected chi connectivity index (χ1v) is 44.3. The van der Waals surface area contributed by atoms with Crippen LogP contribution in [0.15, 0.2) is 122 Å². The average molecular weight is 1830 g/mol. The van der Waals surface area contributed by atoms with Crippen molar-refractivity contribution in [3.05, 3.63) is 144 Å². The number of nitrogens with two attached hydrogens (primary N) is 2. The zero-order valence-corrected chi connectivity index (χ0v) is 74.7. The number of nitrogens with one attached hydrogen (secondary N) is 14. The number of hydrogen-bond acceptors (Lipinski definition) is 21. The normalized spacial score (nSPS) is 22.5. The lowest BCUT2D eigenvalue weighted by Crippen LogP contribution is -2.62. The number of phenolic OH excluding ortho intramolecular Hbond substituents is 1. The van der Waals surface area contributed by atoms with Crippen LogP contribution in [-0.4, -0.2) is 246 Å². The van der Waals surface area contributed by atoms with Crippen LogP contribution < -0.4 is 80.6 Å². The Hall–Kier alpha value is -13.5. The highest BCUT2D eigenvalue weighted by molar-refractivity contribution is 8.00. The molecule has 22 N–H and O–H groups in total. The Bertz CT molecular complexity index is 4670. The third-order valence-corrected chi connectivity index (χ3v) is 22.3. The number of carbonyl (C=O) groups is 18. The number of rotatable bonds is 32. The van der Waals surface area contributed by atoms with E-state index in [1.54, 1.807) is 38.1 Å². The van der Waals surface area contributed by atoms with Gasteiger partial charge in [0.05, 0.1) is 30.6 Å². The summed E-state index contributed by atoms with van der Waals surface area (Å²) in [5.41, 5.74) is 14.7. The third-order valence-electron chi connectivity index (χ3n) is 21.2. The van der Waals surface area contributed by atoms with Gasteiger partial charge in [-0.2, -0.15) is 0 Å². The second kappa shape index (κ2) is 54.0. The highest BCUT2D eigenvalue weighted by Crippen LogP contribution is 2.23. The highest BCUT2D eigenvalue weighted by Gasteiger charge is 2.40. The summed E-state index contributed by atoms with van der Waals surface area (Å²) in [6, 6.07) is 8.01. The number of nitrogens with zero attached hydrogens (tertiary/aromatic N) is 2. The summed E-state index contributed by atoms with van der Waals surface area (Å²) < 4.78 is 0. The maximum Gasteiger partial charge on any atom is 0.314 e. The number of aromatic amines is 1. The Labute approximate surface area is 757 Å². The Morgan fingerprint density at radius 1 is 0.454 bits per heavy atom. The molecule has 4 aromatic carbocycles. The molecule has 13 atom stereocenters. The molecule has 1 aliphatic rings. The lowest BCUT2D eigenvalue weighted by atomic mass is 9.97. The summed E-state index contributed by atoms with van der Waals surface area (Å²) in [7, 11) is 1.43. The van der Waals surface area contributed by atoms with E-state index in [-0.39, 0.29) is 75.8 Å². The summed E-state index contributed by atoms with van der Waals surface area (Å²) >= 11 is 0.729. The monoisotopic (exact) mass is 1830 g/mol. The second-order valence-corrected chi connectivity index (χ2v) is 33.8. The molecule has 40 nitrogen and oxygen atoms in total. The van der Waals surface area contributed by atoms with Crippen molar-refractivity contribution in [2.75, 3.05) is 25.1 Å². The standard InChI is InChI=1S/C89H122N18O22S/c1-8-9-12-26-61-79(119)99-66(42-55-31-35-59(108)36-32-55)84(124)101-67(43-58-46-92-49-93-58)85(125)103-68(44-73(112)113)86(126)98-63(37-38-72(110)111)81(121)106-75(51(4)5)88(128)104-64(40-50(2)3)82(122)100-65(41-54-29-33-57(34-30-54)56-24-15-11-16-25-56)83(123)97-62(27-18-17-23-53-21-13-10-14-22-53)80(120)102-69(45-74(114)115)87(127)105-70(76(90)116)47-130-48-71(109)94-52(6)77(117)95-60(78(118)96-61)28-19-20-39-107(7)89(91)129/h10-11,13-16,21-22,24-25,29-36,46,49-52,60-70,75,108H,8-9,12,17-20,23,26-28,37-45,47-48H2,1-7H3,(H2,90,116)(H2,91,129)(H,92,93)(H,94,109)(H,95,117)(H,96,118)(H,97,123)(H,98,126)(H,99,119)(H,100,122)(H,101,124)(H,102,120)(H,103,125)(H,104,128)(H,105,127)(H,106,121)(H,110,111)(H,112,113)(H,114,115)/t52-,60-,61-,62-,63-,64-,65-,66-,67-,68-,69-,70-,75-/m0/s1. The molecule has 706 valence electrons. The van der Waals surface area contributed by atoms with E-state index in [4.69, 9.17) is 11.5 Å². The van der Waals surface area contributed by atoms with Gasteiger partial charge in [-0.1, -0.05) is 157 Å². The fraction of sp³-hybridized carbons (Fsp3) is 0.494. The molecule has 1 fully saturated rings. The molecule has 16 amide bonds. The molecule has 0 spiro atoms. The SMILES string of the molecule is CCCCC[C@@H]1NC(=O)[C@H](CCCCN(C)C(N)=O)NC(=O)[C@H](C)NC(=O)CSC[C@@H](C(N)=O)NC(=O)[C@H](CC(=O)O)NC(=O)[C@H](CCCCc2ccccc2)NC(=O)[C@H](Cc2ccc(-c3ccccc3)cc2)NC(=O)[C@H](CC(C)C)NC(=O)[C@H](C(C)C)NC(=O)[C@H](CCC(=O)O)NC(=O)[C@H](CC(=O)O)NC(=O)[C@H](Cc2c[nH]cn2)NC(=O)[C@H](Cc2ccc(O)cc2)NC1=O. The number of H-pyrrole nitrogens is 1. The van der Waals surface area contributed by atoms with E-state index < -0.39 is 241 Å². The van der Waals surface area contributed by atoms with Crippen molar-refractivity contribution in [1.82, 2.24) is 84.0 Å². The predicted molar refractivity (Wildman–Crippen MR) is 477 cm³/mol. The number of carboxylic acids is 3. The van der Waals surface area contributed by atoms with E-state index in [2.05, 4.69) is 79.1 Å². The van der Waals surface area contributed by atoms with Crippen molar-refractivity contribution in [3.63, 3.8) is 0 Å². The van der Waals surface area contributed by atoms with Crippen molar-refractivity contribution < 1.29 is 107 Å². The van der Waals surface area contributed by atoms with E-state index in [0.29, 0.717) is 43.2 Å². The number of hydrogen-bond donors (Lipinski definition) is 20. The first-order valence-electron chi connectivity index (χ1n) is 43.2. The molecular weight excluding hydrogens is 1710 g/mol. The molecule has 1 aliphatic heterocycles. The zero-order valence-electron chi connectivity index (χ0n) is 73.9. The minimum atomic E-state index is -2.14. The number of amides is 16. The maximum atomic E-state index is 15.3. The number of carbonyl (C=O) groups excluding carboxylic acids is 15. The van der Waals surface area contributed by atoms with Crippen molar-refractivity contribution in [3.8, 4) is 16.9 Å². The number of phenols is 1. The zero-order chi connectivity index (χ0) is 95.7. The number of aromatic nitrogens is 2. The minimum absolute atomic E-state index is 0.0822. The number of primary amides is 2. The fourth-order valence-corrected chi connectivity index (χ4v) is 14.8. The van der Waals surface area contributed by atoms with E-state index in [9.17, 15) is 92.3 Å². The number of benzene rings is 4. The molecule has 5 aromatic rings. The molecule has 6 rings (SSSR count). The molecule has 0 radical (unpaired) electrons. The smallest absolute Gasteiger partial charge is 0.314 e. The van der Waals surface area contributed by atoms with E-state index >= 15 is 14.4 Å². The van der Waals surface area contributed by atoms with Gasteiger partial charge >= 0.3 is 23.9 Å². The van der Waals surface area contributed by atoms with Gasteiger partial charge < -0.3 is 111 Å². The number of aromatic hydroxyl groups is 1. The number of thioether (sulfide) groups is 1. The number of aliphatic carboxylic acids is 3. The van der Waals surface area contributed by atoms with E-state index in [1.807, 2.05) is 67.6 Å². The summed E-state index contributed by atoms with van der Waals surface area (Å²) in [5.74, 6) is -22.4. The van der Waals surface area contributed by atoms with Gasteiger partial charge in [0, 0.05) is 51.2 Å². The van der Waals surface area contributed by atoms with Crippen molar-refractivity contribution in [2.24, 2.45) is 23.3 Å². The Morgan fingerprint density at radius 3 is 1.35 bits per heavy atom. The van der Waals surface area contributed by atoms with Crippen LogP contribution >= 0.6 is 11.8 Å². The number of unbranched alkanes of at least 4 members (excludes halogenated alkanes) is 4. The first kappa shape index (κ1) is 105. The fourth-order valence-electron chi connectivity index (χ4n) is 14.0. The second-order valence-electron chi connectivity index (χ2n) is 32.8. The Morgan fingerprint density at radius 2 is 0.877 bits per heavy atom. The molecule has 0 bridgehead atoms. The van der Waals surface area contributed by atoms with Crippen molar-refractivity contribution in [2.45, 2.75) is 242 Å².